The van der Waals surface area contributed by atoms with Crippen molar-refractivity contribution in [1.29, 1.82) is 0 Å². The summed E-state index contributed by atoms with van der Waals surface area (Å²) >= 11 is 0. The van der Waals surface area contributed by atoms with Gasteiger partial charge in [-0.05, 0) is 25.0 Å². The normalized spacial score (nSPS) is 10.4. The summed E-state index contributed by atoms with van der Waals surface area (Å²) < 4.78 is 6.91. The Labute approximate surface area is 100 Å². The molecule has 0 amide bonds. The molecule has 1 aromatic heterocycles. The highest BCUT2D eigenvalue weighted by molar-refractivity contribution is 5.72. The van der Waals surface area contributed by atoms with E-state index in [-0.39, 0.29) is 6.42 Å². The van der Waals surface area contributed by atoms with Gasteiger partial charge in [0.2, 0.25) is 0 Å². The van der Waals surface area contributed by atoms with Crippen LogP contribution in [-0.2, 0) is 22.7 Å². The Morgan fingerprint density at radius 3 is 2.82 bits per heavy atom. The second kappa shape index (κ2) is 6.85. The molecule has 17 heavy (non-hydrogen) atoms. The molecule has 0 saturated heterocycles. The smallest absolute Gasteiger partial charge is 0.303 e. The molecule has 0 bridgehead atoms. The van der Waals surface area contributed by atoms with Crippen molar-refractivity contribution in [3.05, 3.63) is 23.5 Å². The molecule has 0 aliphatic rings. The van der Waals surface area contributed by atoms with Crippen molar-refractivity contribution in [2.75, 3.05) is 7.11 Å². The molecule has 94 valence electrons. The van der Waals surface area contributed by atoms with Crippen LogP contribution in [0.25, 0.3) is 0 Å². The highest BCUT2D eigenvalue weighted by Gasteiger charge is 2.07. The fraction of sp³-hybridized carbons (Fsp3) is 0.500. The number of carboxylic acid groups (broad SMARTS) is 1. The first kappa shape index (κ1) is 13.4. The fourth-order valence-corrected chi connectivity index (χ4v) is 1.72. The number of nitrogens with zero attached hydrogens (tertiary/aromatic N) is 1. The van der Waals surface area contributed by atoms with Gasteiger partial charge in [-0.25, -0.2) is 0 Å². The molecule has 5 heteroatoms. The van der Waals surface area contributed by atoms with Gasteiger partial charge >= 0.3 is 5.97 Å². The molecule has 1 N–H and O–H groups in total. The summed E-state index contributed by atoms with van der Waals surface area (Å²) in [6, 6.07) is 3.60. The van der Waals surface area contributed by atoms with E-state index < -0.39 is 5.97 Å². The van der Waals surface area contributed by atoms with Crippen LogP contribution in [0.2, 0.25) is 0 Å². The van der Waals surface area contributed by atoms with Crippen molar-refractivity contribution in [3.8, 4) is 0 Å². The Bertz CT molecular complexity index is 384. The van der Waals surface area contributed by atoms with E-state index in [0.29, 0.717) is 25.3 Å². The number of methoxy groups -OCH3 is 1. The number of carboxylic acids is 1. The molecule has 0 aliphatic carbocycles. The number of aliphatic carboxylic acids is 1. The lowest BCUT2D eigenvalue weighted by molar-refractivity contribution is -0.137. The molecule has 0 aliphatic heterocycles. The van der Waals surface area contributed by atoms with Crippen molar-refractivity contribution in [1.82, 2.24) is 4.57 Å². The van der Waals surface area contributed by atoms with E-state index in [4.69, 9.17) is 9.84 Å². The number of aldehydes is 1. The molecular formula is C12H17NO4. The van der Waals surface area contributed by atoms with Crippen LogP contribution in [0.5, 0.6) is 0 Å². The molecule has 0 aromatic carbocycles. The Balaban J connectivity index is 2.57. The van der Waals surface area contributed by atoms with Crippen molar-refractivity contribution in [3.63, 3.8) is 0 Å². The maximum absolute atomic E-state index is 10.8. The number of unbranched alkanes of at least 4 members (excludes halogenated alkanes) is 1. The molecule has 0 spiro atoms. The number of hydrogen-bond acceptors (Lipinski definition) is 3. The number of ether oxygens (including phenoxy) is 1. The Morgan fingerprint density at radius 1 is 1.47 bits per heavy atom. The van der Waals surface area contributed by atoms with Crippen LogP contribution in [0.3, 0.4) is 0 Å². The lowest BCUT2D eigenvalue weighted by Gasteiger charge is -2.10. The lowest BCUT2D eigenvalue weighted by Crippen LogP contribution is -2.08. The molecule has 0 atom stereocenters. The van der Waals surface area contributed by atoms with E-state index in [0.717, 1.165) is 18.4 Å². The second-order valence-electron chi connectivity index (χ2n) is 3.80. The van der Waals surface area contributed by atoms with Gasteiger partial charge in [0.1, 0.15) is 0 Å². The minimum atomic E-state index is -0.787. The van der Waals surface area contributed by atoms with E-state index in [9.17, 15) is 9.59 Å². The number of carbonyl (C=O) groups excluding carboxylic acids is 1. The maximum atomic E-state index is 10.8. The molecule has 0 unspecified atom stereocenters. The zero-order chi connectivity index (χ0) is 12.7. The van der Waals surface area contributed by atoms with Gasteiger partial charge in [0, 0.05) is 25.8 Å². The van der Waals surface area contributed by atoms with Gasteiger partial charge in [-0.2, -0.15) is 0 Å². The highest BCUT2D eigenvalue weighted by Crippen LogP contribution is 2.11. The standard InChI is InChI=1S/C12H17NO4/c1-17-9-11-6-5-10(8-14)13(11)7-3-2-4-12(15)16/h5-6,8H,2-4,7,9H2,1H3,(H,15,16). The van der Waals surface area contributed by atoms with E-state index in [2.05, 4.69) is 0 Å². The second-order valence-corrected chi connectivity index (χ2v) is 3.80. The summed E-state index contributed by atoms with van der Waals surface area (Å²) in [5.41, 5.74) is 1.54. The highest BCUT2D eigenvalue weighted by atomic mass is 16.5. The van der Waals surface area contributed by atoms with Gasteiger partial charge in [0.05, 0.1) is 12.3 Å². The maximum Gasteiger partial charge on any atom is 0.303 e. The average molecular weight is 239 g/mol. The molecule has 1 rings (SSSR count). The van der Waals surface area contributed by atoms with Crippen molar-refractivity contribution in [2.24, 2.45) is 0 Å². The van der Waals surface area contributed by atoms with E-state index in [1.807, 2.05) is 10.6 Å². The van der Waals surface area contributed by atoms with Gasteiger partial charge in [-0.15, -0.1) is 0 Å². The largest absolute Gasteiger partial charge is 0.481 e. The van der Waals surface area contributed by atoms with Crippen LogP contribution >= 0.6 is 0 Å². The first-order valence-electron chi connectivity index (χ1n) is 5.53. The number of carbonyl (C=O) groups is 2. The summed E-state index contributed by atoms with van der Waals surface area (Å²) in [5.74, 6) is -0.787. The van der Waals surface area contributed by atoms with Crippen LogP contribution in [0.4, 0.5) is 0 Å². The topological polar surface area (TPSA) is 68.5 Å². The van der Waals surface area contributed by atoms with Crippen molar-refractivity contribution in [2.45, 2.75) is 32.4 Å². The third-order valence-electron chi connectivity index (χ3n) is 2.54. The number of hydrogen-bond donors (Lipinski definition) is 1. The van der Waals surface area contributed by atoms with Crippen LogP contribution in [0, 0.1) is 0 Å². The van der Waals surface area contributed by atoms with Crippen LogP contribution in [-0.4, -0.2) is 29.0 Å². The molecule has 1 heterocycles. The predicted octanol–water partition coefficient (Wildman–Crippen LogP) is 1.70. The summed E-state index contributed by atoms with van der Waals surface area (Å²) in [7, 11) is 1.60. The summed E-state index contributed by atoms with van der Waals surface area (Å²) in [6.07, 6.45) is 2.31. The Morgan fingerprint density at radius 2 is 2.24 bits per heavy atom. The predicted molar refractivity (Wildman–Crippen MR) is 62.0 cm³/mol. The zero-order valence-corrected chi connectivity index (χ0v) is 9.89. The SMILES string of the molecule is COCc1ccc(C=O)n1CCCCC(=O)O. The van der Waals surface area contributed by atoms with E-state index in [1.54, 1.807) is 13.2 Å². The molecular weight excluding hydrogens is 222 g/mol. The van der Waals surface area contributed by atoms with Crippen LogP contribution in [0.15, 0.2) is 12.1 Å². The third kappa shape index (κ3) is 4.03. The van der Waals surface area contributed by atoms with Crippen molar-refractivity contribution >= 4 is 12.3 Å². The van der Waals surface area contributed by atoms with E-state index >= 15 is 0 Å². The van der Waals surface area contributed by atoms with Crippen LogP contribution in [0.1, 0.15) is 35.4 Å². The molecule has 1 aromatic rings. The summed E-state index contributed by atoms with van der Waals surface area (Å²) in [4.78, 5) is 21.2. The monoisotopic (exact) mass is 239 g/mol. The van der Waals surface area contributed by atoms with E-state index in [1.165, 1.54) is 0 Å². The summed E-state index contributed by atoms with van der Waals surface area (Å²) in [5, 5.41) is 8.53. The van der Waals surface area contributed by atoms with Gasteiger partial charge in [0.25, 0.3) is 0 Å². The zero-order valence-electron chi connectivity index (χ0n) is 9.89. The van der Waals surface area contributed by atoms with Crippen molar-refractivity contribution < 1.29 is 19.4 Å². The fourth-order valence-electron chi connectivity index (χ4n) is 1.72. The number of aromatic nitrogens is 1. The minimum absolute atomic E-state index is 0.164. The van der Waals surface area contributed by atoms with Gasteiger partial charge in [0.15, 0.2) is 6.29 Å². The first-order chi connectivity index (χ1) is 8.19. The third-order valence-corrected chi connectivity index (χ3v) is 2.54. The van der Waals surface area contributed by atoms with Gasteiger partial charge in [-0.3, -0.25) is 9.59 Å². The lowest BCUT2D eigenvalue weighted by atomic mass is 10.2. The number of rotatable bonds is 8. The molecule has 0 saturated carbocycles. The van der Waals surface area contributed by atoms with Crippen LogP contribution < -0.4 is 0 Å². The minimum Gasteiger partial charge on any atom is -0.481 e. The summed E-state index contributed by atoms with van der Waals surface area (Å²) in [6.45, 7) is 1.10. The first-order valence-corrected chi connectivity index (χ1v) is 5.53. The molecule has 0 radical (unpaired) electrons. The molecule has 5 nitrogen and oxygen atoms in total. The Kier molecular flexibility index (Phi) is 5.42. The molecule has 0 fully saturated rings. The van der Waals surface area contributed by atoms with Gasteiger partial charge < -0.3 is 14.4 Å². The average Bonchev–Trinajstić information content (AvgIpc) is 2.67. The van der Waals surface area contributed by atoms with Gasteiger partial charge in [-0.1, -0.05) is 0 Å². The quantitative estimate of drug-likeness (QED) is 0.553. The Hall–Kier alpha value is -1.62.